The van der Waals surface area contributed by atoms with Gasteiger partial charge in [0.1, 0.15) is 11.5 Å². The van der Waals surface area contributed by atoms with Gasteiger partial charge in [-0.25, -0.2) is 4.79 Å². The van der Waals surface area contributed by atoms with E-state index in [2.05, 4.69) is 8.37 Å². The summed E-state index contributed by atoms with van der Waals surface area (Å²) in [6.45, 7) is -0.875. The first kappa shape index (κ1) is 35.3. The van der Waals surface area contributed by atoms with Gasteiger partial charge in [-0.1, -0.05) is 0 Å². The van der Waals surface area contributed by atoms with Crippen LogP contribution >= 0.6 is 0 Å². The van der Waals surface area contributed by atoms with Crippen LogP contribution in [0, 0.1) is 0 Å². The van der Waals surface area contributed by atoms with Crippen molar-refractivity contribution in [3.63, 3.8) is 0 Å². The van der Waals surface area contributed by atoms with E-state index in [1.807, 2.05) is 0 Å². The van der Waals surface area contributed by atoms with Crippen molar-refractivity contribution >= 4 is 36.3 Å². The molecule has 2 N–H and O–H groups in total. The van der Waals surface area contributed by atoms with Crippen LogP contribution < -0.4 is 8.37 Å². The van der Waals surface area contributed by atoms with Crippen molar-refractivity contribution in [1.29, 1.82) is 0 Å². The average Bonchev–Trinajstić information content (AvgIpc) is 2.70. The third-order valence-corrected chi connectivity index (χ3v) is 7.64. The van der Waals surface area contributed by atoms with E-state index < -0.39 is 99.9 Å². The Kier molecular flexibility index (Phi) is 8.54. The quantitative estimate of drug-likeness (QED) is 0.188. The van der Waals surface area contributed by atoms with E-state index in [1.54, 1.807) is 0 Å². The maximum absolute atomic E-state index is 13.9. The molecule has 0 spiro atoms. The van der Waals surface area contributed by atoms with Crippen molar-refractivity contribution in [3.05, 3.63) is 23.8 Å². The Labute approximate surface area is 213 Å². The first-order valence-electron chi connectivity index (χ1n) is 8.71. The van der Waals surface area contributed by atoms with Gasteiger partial charge in [0, 0.05) is 13.0 Å². The zero-order valence-electron chi connectivity index (χ0n) is 18.1. The van der Waals surface area contributed by atoms with E-state index in [0.717, 1.165) is 0 Å². The lowest BCUT2D eigenvalue weighted by atomic mass is 10.2. The van der Waals surface area contributed by atoms with Crippen LogP contribution in [0.2, 0.25) is 0 Å². The van der Waals surface area contributed by atoms with Crippen LogP contribution in [0.1, 0.15) is 17.3 Å². The van der Waals surface area contributed by atoms with Gasteiger partial charge >= 0.3 is 69.9 Å². The number of halogens is 12. The van der Waals surface area contributed by atoms with Crippen LogP contribution in [0.25, 0.3) is 0 Å². The summed E-state index contributed by atoms with van der Waals surface area (Å²) in [5.74, 6) is -26.9. The van der Waals surface area contributed by atoms with E-state index in [4.69, 9.17) is 9.66 Å². The molecular weight excluding hydrogens is 668 g/mol. The standard InChI is InChI=1S/C14H8F12O11S3/c1-9(15,16)10(17,18)13(23,24)39(32,33)36-6-2-5(8(27)28)3-7(4-6)37-40(34,35)14(25,26)11(19,20)12(21,22)38(29,30)31/h2-4H,1H3,(H,27,28)(H,29,30,31). The molecule has 40 heavy (non-hydrogen) atoms. The van der Waals surface area contributed by atoms with Crippen LogP contribution in [-0.4, -0.2) is 74.4 Å². The summed E-state index contributed by atoms with van der Waals surface area (Å²) < 4.78 is 244. The molecular formula is C14H8F12O11S3. The molecule has 11 nitrogen and oxygen atoms in total. The number of carboxylic acids is 1. The third kappa shape index (κ3) is 5.56. The predicted octanol–water partition coefficient (Wildman–Crippen LogP) is 3.39. The summed E-state index contributed by atoms with van der Waals surface area (Å²) in [5.41, 5.74) is -1.67. The number of carbonyl (C=O) groups is 1. The Hall–Kier alpha value is -2.74. The lowest BCUT2D eigenvalue weighted by Gasteiger charge is -2.30. The van der Waals surface area contributed by atoms with Crippen molar-refractivity contribution in [1.82, 2.24) is 0 Å². The van der Waals surface area contributed by atoms with Gasteiger partial charge in [-0.15, -0.1) is 0 Å². The molecule has 0 aliphatic heterocycles. The normalized spacial score (nSPS) is 15.1. The molecule has 0 amide bonds. The molecule has 1 aromatic carbocycles. The van der Waals surface area contributed by atoms with Crippen LogP contribution in [0.15, 0.2) is 18.2 Å². The van der Waals surface area contributed by atoms with Crippen molar-refractivity contribution in [3.8, 4) is 11.5 Å². The highest BCUT2D eigenvalue weighted by Crippen LogP contribution is 2.51. The summed E-state index contributed by atoms with van der Waals surface area (Å²) in [6.07, 6.45) is 0. The second kappa shape index (κ2) is 9.68. The Balaban J connectivity index is 3.71. The first-order chi connectivity index (χ1) is 17.2. The minimum Gasteiger partial charge on any atom is -0.478 e. The largest absolute Gasteiger partial charge is 0.478 e. The van der Waals surface area contributed by atoms with E-state index in [-0.39, 0.29) is 12.1 Å². The molecule has 0 aliphatic carbocycles. The first-order valence-corrected chi connectivity index (χ1v) is 13.0. The average molecular weight is 676 g/mol. The number of benzene rings is 1. The number of carboxylic acid groups (broad SMARTS) is 1. The van der Waals surface area contributed by atoms with E-state index in [1.165, 1.54) is 0 Å². The van der Waals surface area contributed by atoms with Gasteiger partial charge in [-0.05, 0) is 12.1 Å². The van der Waals surface area contributed by atoms with E-state index in [0.29, 0.717) is 0 Å². The molecule has 0 heterocycles. The summed E-state index contributed by atoms with van der Waals surface area (Å²) in [7, 11) is -22.6. The maximum Gasteiger partial charge on any atom is 0.450 e. The smallest absolute Gasteiger partial charge is 0.450 e. The van der Waals surface area contributed by atoms with Crippen LogP contribution in [0.5, 0.6) is 11.5 Å². The van der Waals surface area contributed by atoms with Crippen molar-refractivity contribution in [2.75, 3.05) is 0 Å². The Morgan fingerprint density at radius 3 is 1.25 bits per heavy atom. The lowest BCUT2D eigenvalue weighted by molar-refractivity contribution is -0.272. The number of alkyl halides is 12. The molecule has 26 heteroatoms. The zero-order chi connectivity index (χ0) is 32.3. The van der Waals surface area contributed by atoms with Gasteiger partial charge in [0.2, 0.25) is 0 Å². The molecule has 0 atom stereocenters. The summed E-state index contributed by atoms with van der Waals surface area (Å²) in [6, 6.07) is -1.24. The van der Waals surface area contributed by atoms with Gasteiger partial charge < -0.3 is 13.5 Å². The molecule has 232 valence electrons. The van der Waals surface area contributed by atoms with Crippen molar-refractivity contribution in [2.45, 2.75) is 40.5 Å². The van der Waals surface area contributed by atoms with E-state index in [9.17, 15) is 82.7 Å². The van der Waals surface area contributed by atoms with Crippen molar-refractivity contribution in [2.24, 2.45) is 0 Å². The highest BCUT2D eigenvalue weighted by atomic mass is 32.2. The molecule has 1 aromatic rings. The van der Waals surface area contributed by atoms with Gasteiger partial charge in [0.25, 0.3) is 0 Å². The molecule has 0 saturated carbocycles. The van der Waals surface area contributed by atoms with Crippen LogP contribution in [-0.2, 0) is 30.4 Å². The summed E-state index contributed by atoms with van der Waals surface area (Å²) in [5, 5.41) is -12.6. The molecule has 0 fully saturated rings. The Bertz CT molecular complexity index is 1500. The molecule has 0 saturated heterocycles. The number of hydrogen-bond donors (Lipinski definition) is 2. The fourth-order valence-electron chi connectivity index (χ4n) is 2.05. The molecule has 0 unspecified atom stereocenters. The molecule has 0 aromatic heterocycles. The molecule has 1 rings (SSSR count). The summed E-state index contributed by atoms with van der Waals surface area (Å²) >= 11 is 0. The SMILES string of the molecule is CC(F)(F)C(F)(F)C(F)(F)S(=O)(=O)Oc1cc(OS(=O)(=O)C(F)(F)C(F)(F)C(F)(F)S(=O)(=O)O)cc(C(=O)O)c1. The fourth-order valence-corrected chi connectivity index (χ4v) is 4.41. The second-order valence-electron chi connectivity index (χ2n) is 7.14. The van der Waals surface area contributed by atoms with E-state index >= 15 is 0 Å². The van der Waals surface area contributed by atoms with Crippen LogP contribution in [0.3, 0.4) is 0 Å². The highest BCUT2D eigenvalue weighted by Gasteiger charge is 2.83. The van der Waals surface area contributed by atoms with Gasteiger partial charge in [0.05, 0.1) is 5.56 Å². The number of hydrogen-bond acceptors (Lipinski definition) is 9. The number of aromatic carboxylic acids is 1. The third-order valence-electron chi connectivity index (χ3n) is 4.14. The fraction of sp³-hybridized carbons (Fsp3) is 0.500. The number of rotatable bonds is 12. The summed E-state index contributed by atoms with van der Waals surface area (Å²) in [4.78, 5) is 11.1. The van der Waals surface area contributed by atoms with Crippen LogP contribution in [0.4, 0.5) is 52.7 Å². The van der Waals surface area contributed by atoms with Gasteiger partial charge in [-0.2, -0.15) is 77.9 Å². The lowest BCUT2D eigenvalue weighted by Crippen LogP contribution is -2.61. The zero-order valence-corrected chi connectivity index (χ0v) is 20.5. The second-order valence-corrected chi connectivity index (χ2v) is 11.8. The molecule has 0 bridgehead atoms. The highest BCUT2D eigenvalue weighted by molar-refractivity contribution is 7.89. The topological polar surface area (TPSA) is 178 Å². The minimum absolute atomic E-state index is 0.295. The monoisotopic (exact) mass is 676 g/mol. The molecule has 0 aliphatic rings. The Morgan fingerprint density at radius 1 is 0.650 bits per heavy atom. The predicted molar refractivity (Wildman–Crippen MR) is 99.4 cm³/mol. The minimum atomic E-state index is -7.69. The van der Waals surface area contributed by atoms with Gasteiger partial charge in [0.15, 0.2) is 0 Å². The van der Waals surface area contributed by atoms with Crippen molar-refractivity contribution < 1.29 is 101 Å². The Morgan fingerprint density at radius 2 is 0.975 bits per heavy atom. The maximum atomic E-state index is 13.9. The molecule has 0 radical (unpaired) electrons. The van der Waals surface area contributed by atoms with Gasteiger partial charge in [-0.3, -0.25) is 4.55 Å².